The predicted octanol–water partition coefficient (Wildman–Crippen LogP) is 4.01. The van der Waals surface area contributed by atoms with Crippen LogP contribution in [0.2, 0.25) is 0 Å². The average Bonchev–Trinajstić information content (AvgIpc) is 3.10. The van der Waals surface area contributed by atoms with E-state index in [-0.39, 0.29) is 12.1 Å². The Bertz CT molecular complexity index is 893. The van der Waals surface area contributed by atoms with E-state index in [1.54, 1.807) is 19.5 Å². The molecule has 0 saturated carbocycles. The van der Waals surface area contributed by atoms with Gasteiger partial charge in [0.1, 0.15) is 6.10 Å². The van der Waals surface area contributed by atoms with Crippen molar-refractivity contribution in [3.63, 3.8) is 0 Å². The largest absolute Gasteiger partial charge is 0.504 e. The number of carbonyl (C=O) groups excluding carboxylic acids is 1. The molecule has 2 aromatic rings. The fraction of sp³-hybridized carbons (Fsp3) is 0.304. The van der Waals surface area contributed by atoms with Gasteiger partial charge in [0.25, 0.3) is 0 Å². The van der Waals surface area contributed by atoms with E-state index in [1.807, 2.05) is 36.2 Å². The number of methoxy groups -OCH3 is 1. The molecule has 0 saturated heterocycles. The molecular formula is C23H26N2O3. The van der Waals surface area contributed by atoms with Crippen LogP contribution in [-0.4, -0.2) is 28.7 Å². The smallest absolute Gasteiger partial charge is 0.331 e. The highest BCUT2D eigenvalue weighted by atomic mass is 16.5. The summed E-state index contributed by atoms with van der Waals surface area (Å²) in [5, 5.41) is 0. The van der Waals surface area contributed by atoms with Crippen molar-refractivity contribution >= 4 is 12.0 Å². The van der Waals surface area contributed by atoms with Crippen LogP contribution in [0.4, 0.5) is 0 Å². The Hall–Kier alpha value is -3.08. The van der Waals surface area contributed by atoms with Gasteiger partial charge in [-0.25, -0.2) is 9.78 Å². The Morgan fingerprint density at radius 2 is 2.07 bits per heavy atom. The zero-order valence-corrected chi connectivity index (χ0v) is 16.4. The number of benzene rings is 1. The van der Waals surface area contributed by atoms with Crippen molar-refractivity contribution in [3.8, 4) is 0 Å². The fourth-order valence-corrected chi connectivity index (χ4v) is 3.28. The Labute approximate surface area is 166 Å². The molecule has 1 unspecified atom stereocenters. The lowest BCUT2D eigenvalue weighted by Crippen LogP contribution is -2.20. The van der Waals surface area contributed by atoms with E-state index in [0.717, 1.165) is 18.5 Å². The number of fused-ring (bicyclic) bond motifs is 1. The number of ether oxygens (including phenoxy) is 2. The van der Waals surface area contributed by atoms with Gasteiger partial charge in [-0.15, -0.1) is 0 Å². The number of hydrogen-bond donors (Lipinski definition) is 0. The quantitative estimate of drug-likeness (QED) is 0.349. The van der Waals surface area contributed by atoms with Crippen molar-refractivity contribution in [1.29, 1.82) is 0 Å². The van der Waals surface area contributed by atoms with Crippen LogP contribution in [0.3, 0.4) is 0 Å². The molecule has 0 aliphatic heterocycles. The lowest BCUT2D eigenvalue weighted by Gasteiger charge is -2.19. The van der Waals surface area contributed by atoms with Crippen LogP contribution >= 0.6 is 0 Å². The van der Waals surface area contributed by atoms with Crippen LogP contribution in [0.5, 0.6) is 0 Å². The second-order valence-corrected chi connectivity index (χ2v) is 6.93. The van der Waals surface area contributed by atoms with Gasteiger partial charge < -0.3 is 14.0 Å². The van der Waals surface area contributed by atoms with E-state index >= 15 is 0 Å². The van der Waals surface area contributed by atoms with Gasteiger partial charge in [-0.05, 0) is 35.6 Å². The topological polar surface area (TPSA) is 53.4 Å². The number of imidazole rings is 1. The summed E-state index contributed by atoms with van der Waals surface area (Å²) in [6.07, 6.45) is 15.5. The summed E-state index contributed by atoms with van der Waals surface area (Å²) in [7, 11) is 3.56. The van der Waals surface area contributed by atoms with Crippen LogP contribution in [0.15, 0.2) is 66.9 Å². The molecule has 1 aliphatic rings. The van der Waals surface area contributed by atoms with Crippen LogP contribution in [0.1, 0.15) is 29.7 Å². The first kappa shape index (κ1) is 19.7. The number of esters is 1. The van der Waals surface area contributed by atoms with Crippen molar-refractivity contribution in [1.82, 2.24) is 9.55 Å². The molecule has 0 N–H and O–H groups in total. The van der Waals surface area contributed by atoms with Crippen molar-refractivity contribution in [2.24, 2.45) is 7.05 Å². The maximum absolute atomic E-state index is 12.3. The zero-order valence-electron chi connectivity index (χ0n) is 16.4. The molecule has 0 radical (unpaired) electrons. The number of hydrogen-bond acceptors (Lipinski definition) is 4. The van der Waals surface area contributed by atoms with Crippen molar-refractivity contribution in [2.45, 2.75) is 31.8 Å². The first-order valence-electron chi connectivity index (χ1n) is 9.43. The van der Waals surface area contributed by atoms with Gasteiger partial charge in [-0.1, -0.05) is 36.4 Å². The maximum Gasteiger partial charge on any atom is 0.331 e. The summed E-state index contributed by atoms with van der Waals surface area (Å²) in [5.74, 6) is -0.349. The monoisotopic (exact) mass is 378 g/mol. The third-order valence-electron chi connectivity index (χ3n) is 4.61. The molecule has 3 rings (SSSR count). The SMILES string of the molecule is COC=C1CC=CCC(OC(=O)C=Cc2cn(C)cn2)Cc2ccccc2C1. The number of aryl methyl sites for hydroxylation is 1. The van der Waals surface area contributed by atoms with Crippen molar-refractivity contribution in [3.05, 3.63) is 83.7 Å². The summed E-state index contributed by atoms with van der Waals surface area (Å²) >= 11 is 0. The molecule has 1 heterocycles. The van der Waals surface area contributed by atoms with E-state index in [0.29, 0.717) is 12.8 Å². The molecule has 1 aliphatic carbocycles. The number of aromatic nitrogens is 2. The molecule has 5 heteroatoms. The van der Waals surface area contributed by atoms with Gasteiger partial charge >= 0.3 is 5.97 Å². The summed E-state index contributed by atoms with van der Waals surface area (Å²) in [6, 6.07) is 8.31. The molecule has 28 heavy (non-hydrogen) atoms. The second kappa shape index (κ2) is 9.74. The highest BCUT2D eigenvalue weighted by Gasteiger charge is 2.16. The minimum Gasteiger partial charge on any atom is -0.504 e. The van der Waals surface area contributed by atoms with Gasteiger partial charge in [-0.2, -0.15) is 0 Å². The van der Waals surface area contributed by atoms with Gasteiger partial charge in [0, 0.05) is 32.2 Å². The molecule has 0 fully saturated rings. The minimum absolute atomic E-state index is 0.203. The number of rotatable bonds is 4. The first-order chi connectivity index (χ1) is 13.6. The molecule has 5 nitrogen and oxygen atoms in total. The molecule has 0 spiro atoms. The Kier molecular flexibility index (Phi) is 6.84. The predicted molar refractivity (Wildman–Crippen MR) is 109 cm³/mol. The van der Waals surface area contributed by atoms with Crippen LogP contribution in [0.25, 0.3) is 6.08 Å². The van der Waals surface area contributed by atoms with Crippen LogP contribution in [0, 0.1) is 0 Å². The number of allylic oxidation sites excluding steroid dienone is 2. The van der Waals surface area contributed by atoms with Gasteiger partial charge in [0.05, 0.1) is 25.4 Å². The molecular weight excluding hydrogens is 352 g/mol. The molecule has 146 valence electrons. The third kappa shape index (κ3) is 5.71. The number of nitrogens with zero attached hydrogens (tertiary/aromatic N) is 2. The zero-order chi connectivity index (χ0) is 19.8. The Morgan fingerprint density at radius 1 is 1.25 bits per heavy atom. The van der Waals surface area contributed by atoms with E-state index in [2.05, 4.69) is 29.3 Å². The van der Waals surface area contributed by atoms with Crippen LogP contribution in [-0.2, 0) is 34.2 Å². The standard InChI is InChI=1S/C23H26N2O3/c1-25-15-21(24-17-25)11-12-23(26)28-22-10-6-3-7-18(16-27-2)13-19-8-4-5-9-20(19)14-22/h3-6,8-9,11-12,15-17,22H,7,10,13-14H2,1-2H3. The van der Waals surface area contributed by atoms with Gasteiger partial charge in [0.2, 0.25) is 0 Å². The van der Waals surface area contributed by atoms with Crippen molar-refractivity contribution in [2.75, 3.05) is 7.11 Å². The van der Waals surface area contributed by atoms with Crippen LogP contribution < -0.4 is 0 Å². The summed E-state index contributed by atoms with van der Waals surface area (Å²) < 4.78 is 12.8. The third-order valence-corrected chi connectivity index (χ3v) is 4.61. The summed E-state index contributed by atoms with van der Waals surface area (Å²) in [6.45, 7) is 0. The molecule has 1 atom stereocenters. The van der Waals surface area contributed by atoms with Gasteiger partial charge in [-0.3, -0.25) is 0 Å². The number of carbonyl (C=O) groups is 1. The fourth-order valence-electron chi connectivity index (χ4n) is 3.28. The molecule has 1 aromatic heterocycles. The first-order valence-corrected chi connectivity index (χ1v) is 9.43. The lowest BCUT2D eigenvalue weighted by molar-refractivity contribution is -0.142. The highest BCUT2D eigenvalue weighted by molar-refractivity contribution is 5.86. The normalized spacial score (nSPS) is 18.8. The van der Waals surface area contributed by atoms with Crippen molar-refractivity contribution < 1.29 is 14.3 Å². The summed E-state index contributed by atoms with van der Waals surface area (Å²) in [5.41, 5.74) is 4.39. The molecule has 0 bridgehead atoms. The Balaban J connectivity index is 1.72. The second-order valence-electron chi connectivity index (χ2n) is 6.93. The summed E-state index contributed by atoms with van der Waals surface area (Å²) in [4.78, 5) is 16.5. The van der Waals surface area contributed by atoms with E-state index in [1.165, 1.54) is 22.8 Å². The van der Waals surface area contributed by atoms with E-state index < -0.39 is 0 Å². The molecule has 1 aromatic carbocycles. The lowest BCUT2D eigenvalue weighted by atomic mass is 9.93. The maximum atomic E-state index is 12.3. The van der Waals surface area contributed by atoms with E-state index in [9.17, 15) is 4.79 Å². The highest BCUT2D eigenvalue weighted by Crippen LogP contribution is 2.22. The van der Waals surface area contributed by atoms with Gasteiger partial charge in [0.15, 0.2) is 0 Å². The Morgan fingerprint density at radius 3 is 2.82 bits per heavy atom. The average molecular weight is 378 g/mol. The minimum atomic E-state index is -0.349. The van der Waals surface area contributed by atoms with E-state index in [4.69, 9.17) is 9.47 Å². The molecule has 0 amide bonds.